The third-order valence-electron chi connectivity index (χ3n) is 2.43. The Labute approximate surface area is 71.4 Å². The standard InChI is InChI=1S/C9H13NS/c1-10-8-2-3-9-7(6-8)4-5-11-9/h4-5,8,10H,2-3,6H2,1H3/t8-/m1/s1. The van der Waals surface area contributed by atoms with Crippen molar-refractivity contribution in [3.8, 4) is 0 Å². The van der Waals surface area contributed by atoms with E-state index in [9.17, 15) is 0 Å². The topological polar surface area (TPSA) is 12.0 Å². The van der Waals surface area contributed by atoms with E-state index in [0.29, 0.717) is 0 Å². The third kappa shape index (κ3) is 1.33. The molecule has 1 aromatic rings. The number of hydrogen-bond donors (Lipinski definition) is 1. The highest BCUT2D eigenvalue weighted by atomic mass is 32.1. The van der Waals surface area contributed by atoms with Gasteiger partial charge in [0.15, 0.2) is 0 Å². The summed E-state index contributed by atoms with van der Waals surface area (Å²) in [5.74, 6) is 0. The van der Waals surface area contributed by atoms with E-state index in [4.69, 9.17) is 0 Å². The molecule has 2 heteroatoms. The highest BCUT2D eigenvalue weighted by Gasteiger charge is 2.17. The molecule has 1 atom stereocenters. The van der Waals surface area contributed by atoms with Crippen LogP contribution in [-0.4, -0.2) is 13.1 Å². The fraction of sp³-hybridized carbons (Fsp3) is 0.556. The largest absolute Gasteiger partial charge is 0.317 e. The van der Waals surface area contributed by atoms with Crippen molar-refractivity contribution < 1.29 is 0 Å². The number of rotatable bonds is 1. The molecule has 1 aromatic heterocycles. The van der Waals surface area contributed by atoms with Crippen LogP contribution in [0, 0.1) is 0 Å². The molecule has 0 radical (unpaired) electrons. The van der Waals surface area contributed by atoms with Gasteiger partial charge >= 0.3 is 0 Å². The van der Waals surface area contributed by atoms with Gasteiger partial charge in [-0.2, -0.15) is 0 Å². The molecule has 1 nitrogen and oxygen atoms in total. The van der Waals surface area contributed by atoms with Gasteiger partial charge in [-0.25, -0.2) is 0 Å². The Kier molecular flexibility index (Phi) is 1.96. The molecule has 1 aliphatic carbocycles. The van der Waals surface area contributed by atoms with E-state index in [-0.39, 0.29) is 0 Å². The zero-order valence-corrected chi connectivity index (χ0v) is 7.58. The maximum atomic E-state index is 3.34. The zero-order chi connectivity index (χ0) is 7.68. The van der Waals surface area contributed by atoms with Crippen LogP contribution in [0.5, 0.6) is 0 Å². The van der Waals surface area contributed by atoms with Crippen LogP contribution >= 0.6 is 11.3 Å². The molecule has 1 aliphatic rings. The minimum atomic E-state index is 0.720. The van der Waals surface area contributed by atoms with Crippen LogP contribution in [0.25, 0.3) is 0 Å². The van der Waals surface area contributed by atoms with Crippen LogP contribution in [0.4, 0.5) is 0 Å². The molecule has 0 amide bonds. The summed E-state index contributed by atoms with van der Waals surface area (Å²) in [6.45, 7) is 0. The molecule has 0 spiro atoms. The summed E-state index contributed by atoms with van der Waals surface area (Å²) in [5, 5.41) is 5.55. The number of fused-ring (bicyclic) bond motifs is 1. The minimum Gasteiger partial charge on any atom is -0.317 e. The van der Waals surface area contributed by atoms with Gasteiger partial charge in [0.1, 0.15) is 0 Å². The van der Waals surface area contributed by atoms with E-state index in [2.05, 4.69) is 23.8 Å². The van der Waals surface area contributed by atoms with E-state index in [1.54, 1.807) is 10.4 Å². The van der Waals surface area contributed by atoms with E-state index >= 15 is 0 Å². The lowest BCUT2D eigenvalue weighted by molar-refractivity contribution is 0.500. The first-order valence-corrected chi connectivity index (χ1v) is 5.00. The van der Waals surface area contributed by atoms with Crippen molar-refractivity contribution in [2.45, 2.75) is 25.3 Å². The number of thiophene rings is 1. The van der Waals surface area contributed by atoms with Gasteiger partial charge in [-0.1, -0.05) is 0 Å². The average molecular weight is 167 g/mol. The second kappa shape index (κ2) is 2.95. The van der Waals surface area contributed by atoms with Crippen LogP contribution in [0.1, 0.15) is 16.9 Å². The Morgan fingerprint density at radius 3 is 3.36 bits per heavy atom. The first kappa shape index (κ1) is 7.32. The molecule has 1 heterocycles. The molecular weight excluding hydrogens is 154 g/mol. The lowest BCUT2D eigenvalue weighted by Gasteiger charge is -2.21. The van der Waals surface area contributed by atoms with Crippen LogP contribution in [0.2, 0.25) is 0 Å². The van der Waals surface area contributed by atoms with E-state index in [0.717, 1.165) is 6.04 Å². The van der Waals surface area contributed by atoms with Gasteiger partial charge in [-0.3, -0.25) is 0 Å². The molecule has 0 unspecified atom stereocenters. The SMILES string of the molecule is CN[C@@H]1CCc2sccc2C1. The van der Waals surface area contributed by atoms with Gasteiger partial charge in [0.05, 0.1) is 0 Å². The average Bonchev–Trinajstić information content (AvgIpc) is 2.50. The first-order chi connectivity index (χ1) is 5.40. The summed E-state index contributed by atoms with van der Waals surface area (Å²) in [7, 11) is 2.06. The minimum absolute atomic E-state index is 0.720. The number of nitrogens with one attached hydrogen (secondary N) is 1. The third-order valence-corrected chi connectivity index (χ3v) is 3.46. The van der Waals surface area contributed by atoms with Crippen molar-refractivity contribution >= 4 is 11.3 Å². The Morgan fingerprint density at radius 2 is 2.55 bits per heavy atom. The van der Waals surface area contributed by atoms with Gasteiger partial charge in [0.25, 0.3) is 0 Å². The Balaban J connectivity index is 2.18. The molecule has 0 saturated heterocycles. The molecule has 0 aromatic carbocycles. The quantitative estimate of drug-likeness (QED) is 0.673. The summed E-state index contributed by atoms with van der Waals surface area (Å²) >= 11 is 1.91. The number of hydrogen-bond acceptors (Lipinski definition) is 2. The van der Waals surface area contributed by atoms with Crippen molar-refractivity contribution in [2.75, 3.05) is 7.05 Å². The van der Waals surface area contributed by atoms with E-state index < -0.39 is 0 Å². The van der Waals surface area contributed by atoms with Crippen molar-refractivity contribution in [1.82, 2.24) is 5.32 Å². The molecule has 1 N–H and O–H groups in total. The molecule has 0 aliphatic heterocycles. The second-order valence-corrected chi connectivity index (χ2v) is 4.10. The van der Waals surface area contributed by atoms with Crippen LogP contribution in [0.3, 0.4) is 0 Å². The molecule has 11 heavy (non-hydrogen) atoms. The summed E-state index contributed by atoms with van der Waals surface area (Å²) in [6, 6.07) is 2.99. The van der Waals surface area contributed by atoms with Crippen molar-refractivity contribution in [1.29, 1.82) is 0 Å². The van der Waals surface area contributed by atoms with E-state index in [1.807, 2.05) is 11.3 Å². The lowest BCUT2D eigenvalue weighted by Crippen LogP contribution is -2.30. The molecule has 0 fully saturated rings. The monoisotopic (exact) mass is 167 g/mol. The molecule has 0 bridgehead atoms. The Hall–Kier alpha value is -0.340. The van der Waals surface area contributed by atoms with Gasteiger partial charge < -0.3 is 5.32 Å². The highest BCUT2D eigenvalue weighted by Crippen LogP contribution is 2.25. The zero-order valence-electron chi connectivity index (χ0n) is 6.76. The lowest BCUT2D eigenvalue weighted by atomic mass is 9.95. The smallest absolute Gasteiger partial charge is 0.0108 e. The first-order valence-electron chi connectivity index (χ1n) is 4.12. The molecule has 0 saturated carbocycles. The van der Waals surface area contributed by atoms with Crippen molar-refractivity contribution in [2.24, 2.45) is 0 Å². The van der Waals surface area contributed by atoms with Gasteiger partial charge in [-0.05, 0) is 43.3 Å². The molecule has 60 valence electrons. The fourth-order valence-corrected chi connectivity index (χ4v) is 2.62. The predicted molar refractivity (Wildman–Crippen MR) is 49.2 cm³/mol. The van der Waals surface area contributed by atoms with Crippen LogP contribution in [-0.2, 0) is 12.8 Å². The maximum Gasteiger partial charge on any atom is 0.0108 e. The van der Waals surface area contributed by atoms with Gasteiger partial charge in [-0.15, -0.1) is 11.3 Å². The highest BCUT2D eigenvalue weighted by molar-refractivity contribution is 7.10. The van der Waals surface area contributed by atoms with Crippen LogP contribution in [0.15, 0.2) is 11.4 Å². The number of likely N-dealkylation sites (N-methyl/N-ethyl adjacent to an activating group) is 1. The molecule has 2 rings (SSSR count). The van der Waals surface area contributed by atoms with Crippen LogP contribution < -0.4 is 5.32 Å². The number of aryl methyl sites for hydroxylation is 1. The molecular formula is C9H13NS. The second-order valence-electron chi connectivity index (χ2n) is 3.10. The van der Waals surface area contributed by atoms with Gasteiger partial charge in [0.2, 0.25) is 0 Å². The van der Waals surface area contributed by atoms with Crippen molar-refractivity contribution in [3.05, 3.63) is 21.9 Å². The predicted octanol–water partition coefficient (Wildman–Crippen LogP) is 1.82. The summed E-state index contributed by atoms with van der Waals surface area (Å²) < 4.78 is 0. The van der Waals surface area contributed by atoms with Crippen molar-refractivity contribution in [3.63, 3.8) is 0 Å². The summed E-state index contributed by atoms with van der Waals surface area (Å²) in [4.78, 5) is 1.61. The summed E-state index contributed by atoms with van der Waals surface area (Å²) in [6.07, 6.45) is 3.82. The Bertz CT molecular complexity index is 241. The van der Waals surface area contributed by atoms with Gasteiger partial charge in [0, 0.05) is 10.9 Å². The maximum absolute atomic E-state index is 3.34. The van der Waals surface area contributed by atoms with E-state index in [1.165, 1.54) is 19.3 Å². The Morgan fingerprint density at radius 1 is 1.64 bits per heavy atom. The summed E-state index contributed by atoms with van der Waals surface area (Å²) in [5.41, 5.74) is 1.57. The normalized spacial score (nSPS) is 23.2. The fourth-order valence-electron chi connectivity index (χ4n) is 1.69.